The van der Waals surface area contributed by atoms with Crippen LogP contribution in [0.4, 0.5) is 0 Å². The van der Waals surface area contributed by atoms with Crippen molar-refractivity contribution in [2.75, 3.05) is 0 Å². The summed E-state index contributed by atoms with van der Waals surface area (Å²) in [6, 6.07) is 11.8. The first kappa shape index (κ1) is 8.97. The summed E-state index contributed by atoms with van der Waals surface area (Å²) in [5, 5.41) is 8.76. The Bertz CT molecular complexity index is 425. The number of rotatable bonds is 0. The van der Waals surface area contributed by atoms with E-state index >= 15 is 0 Å². The van der Waals surface area contributed by atoms with Crippen molar-refractivity contribution in [3.05, 3.63) is 53.4 Å². The second-order valence-electron chi connectivity index (χ2n) is 2.66. The highest BCUT2D eigenvalue weighted by molar-refractivity contribution is 7.07. The Labute approximate surface area is 85.8 Å². The molecule has 0 bridgehead atoms. The van der Waals surface area contributed by atoms with E-state index in [9.17, 15) is 0 Å². The molecule has 0 saturated heterocycles. The summed E-state index contributed by atoms with van der Waals surface area (Å²) >= 11 is 1.71. The van der Waals surface area contributed by atoms with Crippen LogP contribution in [-0.4, -0.2) is 5.16 Å². The van der Waals surface area contributed by atoms with Gasteiger partial charge in [0, 0.05) is 5.39 Å². The largest absolute Gasteiger partial charge is 0.356 e. The molecule has 2 heterocycles. The summed E-state index contributed by atoms with van der Waals surface area (Å²) in [6.45, 7) is 0. The maximum absolute atomic E-state index is 4.87. The van der Waals surface area contributed by atoms with Gasteiger partial charge in [-0.05, 0) is 22.9 Å². The second kappa shape index (κ2) is 4.58. The molecule has 0 N–H and O–H groups in total. The van der Waals surface area contributed by atoms with Crippen molar-refractivity contribution in [3.8, 4) is 0 Å². The molecule has 0 aliphatic heterocycles. The van der Waals surface area contributed by atoms with Crippen LogP contribution in [-0.2, 0) is 0 Å². The Morgan fingerprint density at radius 1 is 1.00 bits per heavy atom. The van der Waals surface area contributed by atoms with Crippen molar-refractivity contribution in [2.45, 2.75) is 0 Å². The lowest BCUT2D eigenvalue weighted by molar-refractivity contribution is 0.456. The number of thiophene rings is 1. The van der Waals surface area contributed by atoms with E-state index in [1.54, 1.807) is 17.5 Å². The van der Waals surface area contributed by atoms with Crippen LogP contribution in [0.15, 0.2) is 57.9 Å². The fraction of sp³-hybridized carbons (Fsp3) is 0. The Hall–Kier alpha value is -1.61. The molecule has 0 spiro atoms. The Kier molecular flexibility index (Phi) is 2.93. The third kappa shape index (κ3) is 2.20. The summed E-state index contributed by atoms with van der Waals surface area (Å²) in [5.41, 5.74) is 0.845. The summed E-state index contributed by atoms with van der Waals surface area (Å²) in [6.07, 6.45) is 1.70. The molecule has 0 amide bonds. The third-order valence-electron chi connectivity index (χ3n) is 1.69. The molecule has 0 saturated carbocycles. The number of nitrogens with zero attached hydrogens (tertiary/aromatic N) is 1. The highest BCUT2D eigenvalue weighted by Gasteiger charge is 1.91. The average Bonchev–Trinajstić information content (AvgIpc) is 2.92. The van der Waals surface area contributed by atoms with E-state index in [4.69, 9.17) is 4.52 Å². The molecule has 0 atom stereocenters. The van der Waals surface area contributed by atoms with Crippen molar-refractivity contribution >= 4 is 22.3 Å². The van der Waals surface area contributed by atoms with Crippen molar-refractivity contribution in [2.24, 2.45) is 0 Å². The standard InChI is InChI=1S/C7H5NO.C4H4S/c1-2-4-7-6(3-1)5-8-9-7;1-2-4-5-3-1/h1-5H;1-4H. The molecule has 2 aromatic heterocycles. The number of para-hydroxylation sites is 1. The monoisotopic (exact) mass is 203 g/mol. The molecule has 14 heavy (non-hydrogen) atoms. The fourth-order valence-electron chi connectivity index (χ4n) is 1.04. The second-order valence-corrected chi connectivity index (χ2v) is 3.47. The number of benzene rings is 1. The zero-order valence-corrected chi connectivity index (χ0v) is 8.28. The van der Waals surface area contributed by atoms with Gasteiger partial charge in [0.15, 0.2) is 5.58 Å². The first-order valence-corrected chi connectivity index (χ1v) is 5.18. The smallest absolute Gasteiger partial charge is 0.166 e. The average molecular weight is 203 g/mol. The first-order chi connectivity index (χ1) is 6.97. The van der Waals surface area contributed by atoms with Crippen molar-refractivity contribution < 1.29 is 4.52 Å². The van der Waals surface area contributed by atoms with E-state index in [0.29, 0.717) is 0 Å². The van der Waals surface area contributed by atoms with E-state index in [2.05, 4.69) is 5.16 Å². The molecule has 70 valence electrons. The lowest BCUT2D eigenvalue weighted by atomic mass is 10.3. The van der Waals surface area contributed by atoms with Gasteiger partial charge >= 0.3 is 0 Å². The van der Waals surface area contributed by atoms with Gasteiger partial charge in [-0.3, -0.25) is 0 Å². The molecule has 3 rings (SSSR count). The highest BCUT2D eigenvalue weighted by atomic mass is 32.1. The Morgan fingerprint density at radius 2 is 1.79 bits per heavy atom. The van der Waals surface area contributed by atoms with Crippen LogP contribution in [0.5, 0.6) is 0 Å². The van der Waals surface area contributed by atoms with E-state index in [-0.39, 0.29) is 0 Å². The Balaban J connectivity index is 0.000000128. The number of hydrogen-bond donors (Lipinski definition) is 0. The van der Waals surface area contributed by atoms with Crippen LogP contribution in [0.3, 0.4) is 0 Å². The van der Waals surface area contributed by atoms with Crippen LogP contribution >= 0.6 is 11.3 Å². The molecular weight excluding hydrogens is 194 g/mol. The normalized spacial score (nSPS) is 9.43. The lowest BCUT2D eigenvalue weighted by Gasteiger charge is -1.78. The molecule has 0 radical (unpaired) electrons. The molecule has 0 fully saturated rings. The molecule has 1 aromatic carbocycles. The lowest BCUT2D eigenvalue weighted by Crippen LogP contribution is -1.57. The Morgan fingerprint density at radius 3 is 2.43 bits per heavy atom. The van der Waals surface area contributed by atoms with Gasteiger partial charge < -0.3 is 4.52 Å². The maximum Gasteiger partial charge on any atom is 0.166 e. The van der Waals surface area contributed by atoms with Gasteiger partial charge in [0.05, 0.1) is 6.20 Å². The SMILES string of the molecule is c1ccc2oncc2c1.c1ccsc1. The molecular formula is C11H9NOS. The fourth-order valence-corrected chi connectivity index (χ4v) is 1.49. The van der Waals surface area contributed by atoms with E-state index in [0.717, 1.165) is 11.0 Å². The van der Waals surface area contributed by atoms with Crippen molar-refractivity contribution in [1.29, 1.82) is 0 Å². The van der Waals surface area contributed by atoms with E-state index in [1.807, 2.05) is 47.2 Å². The topological polar surface area (TPSA) is 26.0 Å². The van der Waals surface area contributed by atoms with Crippen molar-refractivity contribution in [1.82, 2.24) is 5.16 Å². The predicted molar refractivity (Wildman–Crippen MR) is 58.3 cm³/mol. The number of hydrogen-bond acceptors (Lipinski definition) is 3. The highest BCUT2D eigenvalue weighted by Crippen LogP contribution is 2.10. The van der Waals surface area contributed by atoms with Crippen LogP contribution < -0.4 is 0 Å². The predicted octanol–water partition coefficient (Wildman–Crippen LogP) is 3.58. The maximum atomic E-state index is 4.87. The van der Waals surface area contributed by atoms with E-state index < -0.39 is 0 Å². The minimum Gasteiger partial charge on any atom is -0.356 e. The van der Waals surface area contributed by atoms with Gasteiger partial charge in [-0.15, -0.1) is 0 Å². The van der Waals surface area contributed by atoms with Crippen LogP contribution in [0, 0.1) is 0 Å². The van der Waals surface area contributed by atoms with Crippen LogP contribution in [0.1, 0.15) is 0 Å². The molecule has 3 heteroatoms. The third-order valence-corrected chi connectivity index (χ3v) is 2.32. The molecule has 3 aromatic rings. The summed E-state index contributed by atoms with van der Waals surface area (Å²) in [4.78, 5) is 0. The first-order valence-electron chi connectivity index (χ1n) is 4.23. The zero-order chi connectivity index (χ0) is 9.64. The summed E-state index contributed by atoms with van der Waals surface area (Å²) in [7, 11) is 0. The van der Waals surface area contributed by atoms with Crippen LogP contribution in [0.2, 0.25) is 0 Å². The minimum absolute atomic E-state index is 0.845. The van der Waals surface area contributed by atoms with Gasteiger partial charge in [-0.25, -0.2) is 0 Å². The molecule has 0 aliphatic rings. The van der Waals surface area contributed by atoms with Crippen LogP contribution in [0.25, 0.3) is 11.0 Å². The van der Waals surface area contributed by atoms with Crippen molar-refractivity contribution in [3.63, 3.8) is 0 Å². The molecule has 2 nitrogen and oxygen atoms in total. The van der Waals surface area contributed by atoms with Gasteiger partial charge in [0.25, 0.3) is 0 Å². The van der Waals surface area contributed by atoms with E-state index in [1.165, 1.54) is 0 Å². The zero-order valence-electron chi connectivity index (χ0n) is 7.46. The van der Waals surface area contributed by atoms with Gasteiger partial charge in [-0.1, -0.05) is 29.4 Å². The van der Waals surface area contributed by atoms with Gasteiger partial charge in [0.1, 0.15) is 0 Å². The molecule has 0 aliphatic carbocycles. The van der Waals surface area contributed by atoms with Gasteiger partial charge in [0.2, 0.25) is 0 Å². The summed E-state index contributed by atoms with van der Waals surface area (Å²) < 4.78 is 4.87. The number of fused-ring (bicyclic) bond motifs is 1. The van der Waals surface area contributed by atoms with Gasteiger partial charge in [-0.2, -0.15) is 11.3 Å². The minimum atomic E-state index is 0.845. The summed E-state index contributed by atoms with van der Waals surface area (Å²) in [5.74, 6) is 0. The number of aromatic nitrogens is 1. The molecule has 0 unspecified atom stereocenters. The quantitative estimate of drug-likeness (QED) is 0.558.